The Hall–Kier alpha value is -2.62. The summed E-state index contributed by atoms with van der Waals surface area (Å²) in [6.45, 7) is 7.68. The molecule has 0 radical (unpaired) electrons. The van der Waals surface area contributed by atoms with Gasteiger partial charge in [0, 0.05) is 19.0 Å². The van der Waals surface area contributed by atoms with E-state index in [9.17, 15) is 9.59 Å². The van der Waals surface area contributed by atoms with Crippen LogP contribution in [0.3, 0.4) is 0 Å². The van der Waals surface area contributed by atoms with Crippen molar-refractivity contribution in [3.8, 4) is 0 Å². The molecule has 0 aromatic heterocycles. The molecule has 2 amide bonds. The molecule has 0 saturated heterocycles. The largest absolute Gasteiger partial charge is 0.349 e. The van der Waals surface area contributed by atoms with Crippen molar-refractivity contribution in [1.29, 1.82) is 0 Å². The van der Waals surface area contributed by atoms with Crippen LogP contribution >= 0.6 is 0 Å². The second kappa shape index (κ2) is 7.97. The first-order chi connectivity index (χ1) is 11.8. The van der Waals surface area contributed by atoms with Gasteiger partial charge in [0.2, 0.25) is 11.8 Å². The Labute approximate surface area is 149 Å². The molecule has 4 heteroatoms. The number of hydrogen-bond donors (Lipinski definition) is 1. The van der Waals surface area contributed by atoms with Crippen molar-refractivity contribution in [2.45, 2.75) is 45.8 Å². The lowest BCUT2D eigenvalue weighted by molar-refractivity contribution is -0.140. The molecular formula is C21H26N2O2. The van der Waals surface area contributed by atoms with Crippen LogP contribution < -0.4 is 5.32 Å². The molecule has 0 bridgehead atoms. The predicted molar refractivity (Wildman–Crippen MR) is 99.7 cm³/mol. The molecule has 25 heavy (non-hydrogen) atoms. The molecule has 0 fully saturated rings. The standard InChI is InChI=1S/C21H26N2O2/c1-16(24)23(15-17-11-7-5-8-12-17)19(18-13-9-6-10-14-18)20(25)22-21(2,3)4/h5-14,19H,15H2,1-4H3,(H,22,25). The summed E-state index contributed by atoms with van der Waals surface area (Å²) >= 11 is 0. The van der Waals surface area contributed by atoms with Crippen LogP contribution in [-0.4, -0.2) is 22.3 Å². The number of benzene rings is 2. The molecule has 0 aliphatic rings. The fourth-order valence-corrected chi connectivity index (χ4v) is 2.71. The molecule has 2 rings (SSSR count). The van der Waals surface area contributed by atoms with Gasteiger partial charge in [-0.3, -0.25) is 9.59 Å². The predicted octanol–water partition coefficient (Wildman–Crippen LogP) is 3.69. The third-order valence-electron chi connectivity index (χ3n) is 3.77. The van der Waals surface area contributed by atoms with E-state index in [0.29, 0.717) is 6.54 Å². The van der Waals surface area contributed by atoms with E-state index in [-0.39, 0.29) is 17.4 Å². The van der Waals surface area contributed by atoms with E-state index in [1.54, 1.807) is 4.90 Å². The van der Waals surface area contributed by atoms with Crippen LogP contribution in [-0.2, 0) is 16.1 Å². The minimum Gasteiger partial charge on any atom is -0.349 e. The Morgan fingerprint density at radius 2 is 1.48 bits per heavy atom. The molecule has 0 aliphatic carbocycles. The van der Waals surface area contributed by atoms with Gasteiger partial charge < -0.3 is 10.2 Å². The third-order valence-corrected chi connectivity index (χ3v) is 3.77. The molecule has 1 N–H and O–H groups in total. The second-order valence-corrected chi connectivity index (χ2v) is 7.18. The van der Waals surface area contributed by atoms with Gasteiger partial charge in [-0.15, -0.1) is 0 Å². The van der Waals surface area contributed by atoms with E-state index in [1.165, 1.54) is 6.92 Å². The summed E-state index contributed by atoms with van der Waals surface area (Å²) in [5, 5.41) is 3.01. The van der Waals surface area contributed by atoms with Crippen LogP contribution in [0.5, 0.6) is 0 Å². The highest BCUT2D eigenvalue weighted by atomic mass is 16.2. The first-order valence-electron chi connectivity index (χ1n) is 8.46. The molecule has 1 unspecified atom stereocenters. The van der Waals surface area contributed by atoms with E-state index < -0.39 is 6.04 Å². The van der Waals surface area contributed by atoms with Crippen molar-refractivity contribution < 1.29 is 9.59 Å². The molecule has 2 aromatic rings. The highest BCUT2D eigenvalue weighted by molar-refractivity contribution is 5.88. The number of nitrogens with zero attached hydrogens (tertiary/aromatic N) is 1. The number of hydrogen-bond acceptors (Lipinski definition) is 2. The summed E-state index contributed by atoms with van der Waals surface area (Å²) in [6, 6.07) is 18.5. The van der Waals surface area contributed by atoms with Gasteiger partial charge in [0.25, 0.3) is 0 Å². The van der Waals surface area contributed by atoms with Gasteiger partial charge in [-0.05, 0) is 31.9 Å². The molecule has 2 aromatic carbocycles. The lowest BCUT2D eigenvalue weighted by atomic mass is 10.0. The number of amides is 2. The van der Waals surface area contributed by atoms with Crippen LogP contribution in [0.25, 0.3) is 0 Å². The Kier molecular flexibility index (Phi) is 5.97. The molecule has 0 spiro atoms. The van der Waals surface area contributed by atoms with Gasteiger partial charge in [-0.2, -0.15) is 0 Å². The Balaban J connectivity index is 2.40. The molecular weight excluding hydrogens is 312 g/mol. The summed E-state index contributed by atoms with van der Waals surface area (Å²) in [7, 11) is 0. The monoisotopic (exact) mass is 338 g/mol. The lowest BCUT2D eigenvalue weighted by Crippen LogP contribution is -2.48. The zero-order valence-corrected chi connectivity index (χ0v) is 15.3. The number of carbonyl (C=O) groups excluding carboxylic acids is 2. The quantitative estimate of drug-likeness (QED) is 0.904. The minimum absolute atomic E-state index is 0.137. The fourth-order valence-electron chi connectivity index (χ4n) is 2.71. The molecule has 1 atom stereocenters. The van der Waals surface area contributed by atoms with Crippen LogP contribution in [0.15, 0.2) is 60.7 Å². The molecule has 0 aliphatic heterocycles. The SMILES string of the molecule is CC(=O)N(Cc1ccccc1)C(C(=O)NC(C)(C)C)c1ccccc1. The fraction of sp³-hybridized carbons (Fsp3) is 0.333. The van der Waals surface area contributed by atoms with Crippen molar-refractivity contribution in [2.24, 2.45) is 0 Å². The van der Waals surface area contributed by atoms with Crippen LogP contribution in [0.4, 0.5) is 0 Å². The van der Waals surface area contributed by atoms with Gasteiger partial charge in [-0.25, -0.2) is 0 Å². The average molecular weight is 338 g/mol. The number of rotatable bonds is 5. The van der Waals surface area contributed by atoms with E-state index in [4.69, 9.17) is 0 Å². The smallest absolute Gasteiger partial charge is 0.247 e. The summed E-state index contributed by atoms with van der Waals surface area (Å²) in [5.74, 6) is -0.313. The highest BCUT2D eigenvalue weighted by Gasteiger charge is 2.31. The summed E-state index contributed by atoms with van der Waals surface area (Å²) in [6.07, 6.45) is 0. The van der Waals surface area contributed by atoms with Crippen molar-refractivity contribution in [3.05, 3.63) is 71.8 Å². The zero-order chi connectivity index (χ0) is 18.4. The van der Waals surface area contributed by atoms with Gasteiger partial charge in [0.05, 0.1) is 0 Å². The van der Waals surface area contributed by atoms with E-state index >= 15 is 0 Å². The Bertz CT molecular complexity index is 706. The zero-order valence-electron chi connectivity index (χ0n) is 15.3. The van der Waals surface area contributed by atoms with Gasteiger partial charge in [0.1, 0.15) is 6.04 Å². The molecule has 0 saturated carbocycles. The Morgan fingerprint density at radius 1 is 0.960 bits per heavy atom. The van der Waals surface area contributed by atoms with E-state index in [1.807, 2.05) is 81.4 Å². The second-order valence-electron chi connectivity index (χ2n) is 7.18. The maximum Gasteiger partial charge on any atom is 0.247 e. The average Bonchev–Trinajstić information content (AvgIpc) is 2.54. The van der Waals surface area contributed by atoms with Gasteiger partial charge in [-0.1, -0.05) is 60.7 Å². The van der Waals surface area contributed by atoms with E-state index in [2.05, 4.69) is 5.32 Å². The first-order valence-corrected chi connectivity index (χ1v) is 8.46. The highest BCUT2D eigenvalue weighted by Crippen LogP contribution is 2.24. The van der Waals surface area contributed by atoms with Crippen LogP contribution in [0, 0.1) is 0 Å². The molecule has 132 valence electrons. The molecule has 4 nitrogen and oxygen atoms in total. The topological polar surface area (TPSA) is 49.4 Å². The Morgan fingerprint density at radius 3 is 1.96 bits per heavy atom. The summed E-state index contributed by atoms with van der Waals surface area (Å²) < 4.78 is 0. The van der Waals surface area contributed by atoms with Crippen molar-refractivity contribution in [2.75, 3.05) is 0 Å². The minimum atomic E-state index is -0.668. The summed E-state index contributed by atoms with van der Waals surface area (Å²) in [4.78, 5) is 27.0. The van der Waals surface area contributed by atoms with Crippen molar-refractivity contribution in [1.82, 2.24) is 10.2 Å². The normalized spacial score (nSPS) is 12.3. The van der Waals surface area contributed by atoms with Gasteiger partial charge in [0.15, 0.2) is 0 Å². The maximum absolute atomic E-state index is 13.0. The third kappa shape index (κ3) is 5.45. The van der Waals surface area contributed by atoms with Crippen molar-refractivity contribution in [3.63, 3.8) is 0 Å². The van der Waals surface area contributed by atoms with Crippen LogP contribution in [0.1, 0.15) is 44.9 Å². The summed E-state index contributed by atoms with van der Waals surface area (Å²) in [5.41, 5.74) is 1.41. The first kappa shape index (κ1) is 18.7. The maximum atomic E-state index is 13.0. The number of nitrogens with one attached hydrogen (secondary N) is 1. The number of carbonyl (C=O) groups is 2. The lowest BCUT2D eigenvalue weighted by Gasteiger charge is -2.33. The van der Waals surface area contributed by atoms with Crippen molar-refractivity contribution >= 4 is 11.8 Å². The van der Waals surface area contributed by atoms with Gasteiger partial charge >= 0.3 is 0 Å². The van der Waals surface area contributed by atoms with E-state index in [0.717, 1.165) is 11.1 Å². The molecule has 0 heterocycles. The van der Waals surface area contributed by atoms with Crippen LogP contribution in [0.2, 0.25) is 0 Å².